The van der Waals surface area contributed by atoms with Gasteiger partial charge in [-0.1, -0.05) is 6.92 Å². The minimum absolute atomic E-state index is 0.0873. The van der Waals surface area contributed by atoms with E-state index in [2.05, 4.69) is 12.2 Å². The number of sulfonamides is 1. The maximum absolute atomic E-state index is 12.0. The Morgan fingerprint density at radius 1 is 1.47 bits per heavy atom. The molecule has 0 aromatic heterocycles. The molecule has 102 valence electrons. The SMILES string of the molecule is CCCNC1CCCN(S(=O)(=O)CCOC)C1. The minimum atomic E-state index is -3.14. The molecule has 0 bridgehead atoms. The number of hydrogen-bond acceptors (Lipinski definition) is 4. The van der Waals surface area contributed by atoms with Crippen molar-refractivity contribution in [1.29, 1.82) is 0 Å². The number of nitrogens with zero attached hydrogens (tertiary/aromatic N) is 1. The normalized spacial score (nSPS) is 22.8. The summed E-state index contributed by atoms with van der Waals surface area (Å²) >= 11 is 0. The van der Waals surface area contributed by atoms with Crippen LogP contribution < -0.4 is 5.32 Å². The number of nitrogens with one attached hydrogen (secondary N) is 1. The van der Waals surface area contributed by atoms with Crippen LogP contribution in [0.4, 0.5) is 0 Å². The van der Waals surface area contributed by atoms with Crippen molar-refractivity contribution in [2.24, 2.45) is 0 Å². The van der Waals surface area contributed by atoms with Crippen LogP contribution in [-0.4, -0.2) is 57.9 Å². The Morgan fingerprint density at radius 3 is 2.88 bits per heavy atom. The standard InChI is InChI=1S/C11H24N2O3S/c1-3-6-12-11-5-4-7-13(10-11)17(14,15)9-8-16-2/h11-12H,3-10H2,1-2H3. The Kier molecular flexibility index (Phi) is 6.40. The van der Waals surface area contributed by atoms with Crippen molar-refractivity contribution in [2.75, 3.05) is 39.1 Å². The molecule has 0 spiro atoms. The summed E-state index contributed by atoms with van der Waals surface area (Å²) in [7, 11) is -1.61. The van der Waals surface area contributed by atoms with Crippen molar-refractivity contribution >= 4 is 10.0 Å². The minimum Gasteiger partial charge on any atom is -0.384 e. The third kappa shape index (κ3) is 4.91. The Bertz CT molecular complexity index is 306. The lowest BCUT2D eigenvalue weighted by molar-refractivity contribution is 0.213. The van der Waals surface area contributed by atoms with Crippen molar-refractivity contribution in [3.8, 4) is 0 Å². The molecule has 1 unspecified atom stereocenters. The summed E-state index contributed by atoms with van der Waals surface area (Å²) < 4.78 is 30.4. The van der Waals surface area contributed by atoms with E-state index in [0.29, 0.717) is 19.1 Å². The summed E-state index contributed by atoms with van der Waals surface area (Å²) in [5.74, 6) is 0.0873. The van der Waals surface area contributed by atoms with Crippen molar-refractivity contribution < 1.29 is 13.2 Å². The first-order valence-electron chi connectivity index (χ1n) is 6.30. The molecule has 1 rings (SSSR count). The predicted molar refractivity (Wildman–Crippen MR) is 68.6 cm³/mol. The Hall–Kier alpha value is -0.170. The van der Waals surface area contributed by atoms with E-state index < -0.39 is 10.0 Å². The molecule has 1 fully saturated rings. The molecule has 0 aromatic rings. The molecule has 1 saturated heterocycles. The van der Waals surface area contributed by atoms with Crippen molar-refractivity contribution in [2.45, 2.75) is 32.2 Å². The van der Waals surface area contributed by atoms with Crippen LogP contribution in [0.25, 0.3) is 0 Å². The van der Waals surface area contributed by atoms with E-state index in [1.54, 1.807) is 4.31 Å². The average Bonchev–Trinajstić information content (AvgIpc) is 2.34. The third-order valence-electron chi connectivity index (χ3n) is 3.01. The predicted octanol–water partition coefficient (Wildman–Crippen LogP) is 0.427. The monoisotopic (exact) mass is 264 g/mol. The van der Waals surface area contributed by atoms with Crippen molar-refractivity contribution in [3.63, 3.8) is 0 Å². The highest BCUT2D eigenvalue weighted by Gasteiger charge is 2.28. The smallest absolute Gasteiger partial charge is 0.216 e. The van der Waals surface area contributed by atoms with Crippen molar-refractivity contribution in [3.05, 3.63) is 0 Å². The fourth-order valence-corrected chi connectivity index (χ4v) is 3.48. The van der Waals surface area contributed by atoms with Crippen LogP contribution in [-0.2, 0) is 14.8 Å². The lowest BCUT2D eigenvalue weighted by atomic mass is 10.1. The topological polar surface area (TPSA) is 58.6 Å². The summed E-state index contributed by atoms with van der Waals surface area (Å²) in [6.07, 6.45) is 3.08. The molecular weight excluding hydrogens is 240 g/mol. The van der Waals surface area contributed by atoms with Gasteiger partial charge >= 0.3 is 0 Å². The first-order valence-corrected chi connectivity index (χ1v) is 7.91. The van der Waals surface area contributed by atoms with Crippen LogP contribution in [0.3, 0.4) is 0 Å². The maximum atomic E-state index is 12.0. The van der Waals surface area contributed by atoms with Gasteiger partial charge in [0.15, 0.2) is 0 Å². The molecule has 17 heavy (non-hydrogen) atoms. The summed E-state index contributed by atoms with van der Waals surface area (Å²) in [4.78, 5) is 0. The Balaban J connectivity index is 2.47. The van der Waals surface area contributed by atoms with Gasteiger partial charge in [-0.05, 0) is 25.8 Å². The largest absolute Gasteiger partial charge is 0.384 e. The number of ether oxygens (including phenoxy) is 1. The van der Waals surface area contributed by atoms with Gasteiger partial charge in [0.05, 0.1) is 12.4 Å². The second-order valence-electron chi connectivity index (χ2n) is 4.46. The van der Waals surface area contributed by atoms with Crippen molar-refractivity contribution in [1.82, 2.24) is 9.62 Å². The van der Waals surface area contributed by atoms with Gasteiger partial charge < -0.3 is 10.1 Å². The Labute approximate surface area is 105 Å². The lowest BCUT2D eigenvalue weighted by Crippen LogP contribution is -2.49. The van der Waals surface area contributed by atoms with E-state index in [0.717, 1.165) is 25.8 Å². The van der Waals surface area contributed by atoms with Crippen LogP contribution in [0.1, 0.15) is 26.2 Å². The molecule has 1 atom stereocenters. The van der Waals surface area contributed by atoms with Gasteiger partial charge in [0.25, 0.3) is 0 Å². The number of rotatable bonds is 7. The second-order valence-corrected chi connectivity index (χ2v) is 6.55. The fourth-order valence-electron chi connectivity index (χ4n) is 2.03. The molecule has 0 saturated carbocycles. The van der Waals surface area contributed by atoms with Crippen LogP contribution in [0.2, 0.25) is 0 Å². The van der Waals surface area contributed by atoms with Gasteiger partial charge in [0.2, 0.25) is 10.0 Å². The van der Waals surface area contributed by atoms with E-state index in [9.17, 15) is 8.42 Å². The summed E-state index contributed by atoms with van der Waals surface area (Å²) in [5.41, 5.74) is 0. The maximum Gasteiger partial charge on any atom is 0.216 e. The Morgan fingerprint density at radius 2 is 2.24 bits per heavy atom. The number of piperidine rings is 1. The highest BCUT2D eigenvalue weighted by Crippen LogP contribution is 2.14. The highest BCUT2D eigenvalue weighted by atomic mass is 32.2. The molecule has 1 aliphatic heterocycles. The van der Waals surface area contributed by atoms with E-state index >= 15 is 0 Å². The van der Waals surface area contributed by atoms with E-state index in [4.69, 9.17) is 4.74 Å². The molecule has 6 heteroatoms. The molecule has 1 heterocycles. The molecule has 1 aliphatic rings. The highest BCUT2D eigenvalue weighted by molar-refractivity contribution is 7.89. The second kappa shape index (κ2) is 7.31. The molecule has 0 radical (unpaired) electrons. The van der Waals surface area contributed by atoms with Crippen LogP contribution in [0, 0.1) is 0 Å². The summed E-state index contributed by atoms with van der Waals surface area (Å²) in [6, 6.07) is 0.306. The zero-order chi connectivity index (χ0) is 12.7. The summed E-state index contributed by atoms with van der Waals surface area (Å²) in [6.45, 7) is 4.59. The average molecular weight is 264 g/mol. The van der Waals surface area contributed by atoms with Crippen LogP contribution in [0.15, 0.2) is 0 Å². The van der Waals surface area contributed by atoms with Crippen LogP contribution >= 0.6 is 0 Å². The third-order valence-corrected chi connectivity index (χ3v) is 4.81. The van der Waals surface area contributed by atoms with Crippen LogP contribution in [0.5, 0.6) is 0 Å². The molecular formula is C11H24N2O3S. The van der Waals surface area contributed by atoms with E-state index in [1.807, 2.05) is 0 Å². The van der Waals surface area contributed by atoms with E-state index in [-0.39, 0.29) is 12.4 Å². The first kappa shape index (κ1) is 14.9. The number of methoxy groups -OCH3 is 1. The van der Waals surface area contributed by atoms with Gasteiger partial charge in [0, 0.05) is 26.2 Å². The molecule has 0 aliphatic carbocycles. The van der Waals surface area contributed by atoms with Gasteiger partial charge in [-0.2, -0.15) is 0 Å². The first-order chi connectivity index (χ1) is 8.10. The van der Waals surface area contributed by atoms with Gasteiger partial charge in [-0.15, -0.1) is 0 Å². The molecule has 1 N–H and O–H groups in total. The van der Waals surface area contributed by atoms with Gasteiger partial charge in [0.1, 0.15) is 0 Å². The quantitative estimate of drug-likeness (QED) is 0.724. The molecule has 0 aromatic carbocycles. The molecule has 5 nitrogen and oxygen atoms in total. The van der Waals surface area contributed by atoms with Gasteiger partial charge in [-0.25, -0.2) is 12.7 Å². The lowest BCUT2D eigenvalue weighted by Gasteiger charge is -2.32. The number of hydrogen-bond donors (Lipinski definition) is 1. The zero-order valence-corrected chi connectivity index (χ0v) is 11.6. The zero-order valence-electron chi connectivity index (χ0n) is 10.8. The summed E-state index contributed by atoms with van der Waals surface area (Å²) in [5, 5.41) is 3.39. The fraction of sp³-hybridized carbons (Fsp3) is 1.00. The van der Waals surface area contributed by atoms with Gasteiger partial charge in [-0.3, -0.25) is 0 Å². The molecule has 0 amide bonds. The van der Waals surface area contributed by atoms with E-state index in [1.165, 1.54) is 7.11 Å².